The number of aliphatic hydroxyl groups is 1. The van der Waals surface area contributed by atoms with Gasteiger partial charge in [-0.2, -0.15) is 0 Å². The molecule has 1 heterocycles. The quantitative estimate of drug-likeness (QED) is 0.753. The summed E-state index contributed by atoms with van der Waals surface area (Å²) in [6.07, 6.45) is 3.39. The highest BCUT2D eigenvalue weighted by atomic mass is 19.1. The van der Waals surface area contributed by atoms with Crippen molar-refractivity contribution in [2.45, 2.75) is 59.1 Å². The molecular formula is C17H29FN2O. The molecule has 21 heavy (non-hydrogen) atoms. The van der Waals surface area contributed by atoms with Crippen LogP contribution in [-0.2, 0) is 0 Å². The fourth-order valence-corrected chi connectivity index (χ4v) is 2.72. The number of hydrogen-bond acceptors (Lipinski definition) is 3. The lowest BCUT2D eigenvalue weighted by Gasteiger charge is -2.32. The minimum Gasteiger partial charge on any atom is -0.387 e. The molecule has 0 aromatic carbocycles. The van der Waals surface area contributed by atoms with Gasteiger partial charge in [0, 0.05) is 19.1 Å². The first-order valence-electron chi connectivity index (χ1n) is 8.01. The summed E-state index contributed by atoms with van der Waals surface area (Å²) < 4.78 is 12.9. The highest BCUT2D eigenvalue weighted by molar-refractivity contribution is 5.07. The molecule has 4 heteroatoms. The van der Waals surface area contributed by atoms with E-state index in [0.29, 0.717) is 24.1 Å². The van der Waals surface area contributed by atoms with Crippen LogP contribution < -0.4 is 0 Å². The maximum atomic E-state index is 12.9. The van der Waals surface area contributed by atoms with E-state index in [4.69, 9.17) is 0 Å². The molecule has 0 saturated carbocycles. The van der Waals surface area contributed by atoms with Crippen molar-refractivity contribution < 1.29 is 9.50 Å². The van der Waals surface area contributed by atoms with Crippen molar-refractivity contribution in [1.82, 2.24) is 9.88 Å². The van der Waals surface area contributed by atoms with Gasteiger partial charge in [-0.25, -0.2) is 4.39 Å². The smallest absolute Gasteiger partial charge is 0.141 e. The number of aliphatic hydroxyl groups excluding tert-OH is 1. The standard InChI is InChI=1S/C17H29FN2O/c1-5-15(6-2)20(12-13(3)4)10-9-17(21)16-8-7-14(18)11-19-16/h7-8,11,13,15,17,21H,5-6,9-10,12H2,1-4H3. The number of halogens is 1. The van der Waals surface area contributed by atoms with Gasteiger partial charge in [0.25, 0.3) is 0 Å². The maximum absolute atomic E-state index is 12.9. The molecular weight excluding hydrogens is 267 g/mol. The molecule has 1 aromatic heterocycles. The SMILES string of the molecule is CCC(CC)N(CCC(O)c1ccc(F)cn1)CC(C)C. The largest absolute Gasteiger partial charge is 0.387 e. The van der Waals surface area contributed by atoms with E-state index >= 15 is 0 Å². The summed E-state index contributed by atoms with van der Waals surface area (Å²) in [6.45, 7) is 10.7. The third-order valence-corrected chi connectivity index (χ3v) is 3.84. The number of pyridine rings is 1. The lowest BCUT2D eigenvalue weighted by atomic mass is 10.1. The van der Waals surface area contributed by atoms with E-state index < -0.39 is 6.10 Å². The van der Waals surface area contributed by atoms with Crippen molar-refractivity contribution >= 4 is 0 Å². The van der Waals surface area contributed by atoms with Crippen molar-refractivity contribution in [1.29, 1.82) is 0 Å². The van der Waals surface area contributed by atoms with E-state index in [-0.39, 0.29) is 5.82 Å². The average Bonchev–Trinajstić information content (AvgIpc) is 2.45. The summed E-state index contributed by atoms with van der Waals surface area (Å²) in [5, 5.41) is 10.2. The van der Waals surface area contributed by atoms with E-state index in [2.05, 4.69) is 37.6 Å². The first-order chi connectivity index (χ1) is 9.97. The van der Waals surface area contributed by atoms with Gasteiger partial charge in [0.1, 0.15) is 5.82 Å². The summed E-state index contributed by atoms with van der Waals surface area (Å²) in [4.78, 5) is 6.41. The van der Waals surface area contributed by atoms with Gasteiger partial charge in [-0.3, -0.25) is 4.98 Å². The Morgan fingerprint density at radius 1 is 1.24 bits per heavy atom. The van der Waals surface area contributed by atoms with Gasteiger partial charge in [0.2, 0.25) is 0 Å². The fraction of sp³-hybridized carbons (Fsp3) is 0.706. The van der Waals surface area contributed by atoms with Crippen molar-refractivity contribution in [2.24, 2.45) is 5.92 Å². The van der Waals surface area contributed by atoms with Crippen LogP contribution in [-0.4, -0.2) is 34.1 Å². The zero-order valence-corrected chi connectivity index (χ0v) is 13.7. The Hall–Kier alpha value is -1.00. The van der Waals surface area contributed by atoms with Crippen LogP contribution in [0.25, 0.3) is 0 Å². The first kappa shape index (κ1) is 18.1. The van der Waals surface area contributed by atoms with E-state index in [1.807, 2.05) is 0 Å². The van der Waals surface area contributed by atoms with Gasteiger partial charge in [-0.05, 0) is 37.3 Å². The zero-order valence-electron chi connectivity index (χ0n) is 13.7. The summed E-state index contributed by atoms with van der Waals surface area (Å²) in [5.74, 6) is 0.233. The van der Waals surface area contributed by atoms with Crippen molar-refractivity contribution in [3.63, 3.8) is 0 Å². The third kappa shape index (κ3) is 6.10. The Balaban J connectivity index is 2.60. The Kier molecular flexibility index (Phi) is 7.83. The minimum atomic E-state index is -0.630. The average molecular weight is 296 g/mol. The van der Waals surface area contributed by atoms with E-state index in [0.717, 1.165) is 32.1 Å². The Bertz CT molecular complexity index is 390. The third-order valence-electron chi connectivity index (χ3n) is 3.84. The van der Waals surface area contributed by atoms with Crippen LogP contribution in [0.2, 0.25) is 0 Å². The summed E-state index contributed by atoms with van der Waals surface area (Å²) in [7, 11) is 0. The second-order valence-electron chi connectivity index (χ2n) is 6.06. The number of aromatic nitrogens is 1. The number of hydrogen-bond donors (Lipinski definition) is 1. The molecule has 0 amide bonds. The molecule has 1 unspecified atom stereocenters. The molecule has 0 saturated heterocycles. The van der Waals surface area contributed by atoms with Crippen molar-refractivity contribution in [3.05, 3.63) is 29.8 Å². The van der Waals surface area contributed by atoms with Crippen LogP contribution in [0.3, 0.4) is 0 Å². The fourth-order valence-electron chi connectivity index (χ4n) is 2.72. The second kappa shape index (κ2) is 9.11. The highest BCUT2D eigenvalue weighted by Gasteiger charge is 2.18. The van der Waals surface area contributed by atoms with Crippen LogP contribution in [0.1, 0.15) is 58.8 Å². The van der Waals surface area contributed by atoms with Crippen molar-refractivity contribution in [2.75, 3.05) is 13.1 Å². The van der Waals surface area contributed by atoms with Gasteiger partial charge in [0.15, 0.2) is 0 Å². The Morgan fingerprint density at radius 2 is 1.90 bits per heavy atom. The molecule has 0 aliphatic carbocycles. The molecule has 0 radical (unpaired) electrons. The van der Waals surface area contributed by atoms with Crippen LogP contribution in [0.15, 0.2) is 18.3 Å². The van der Waals surface area contributed by atoms with Crippen LogP contribution >= 0.6 is 0 Å². The Labute approximate surface area is 128 Å². The van der Waals surface area contributed by atoms with Gasteiger partial charge in [-0.1, -0.05) is 27.7 Å². The molecule has 0 aliphatic rings. The van der Waals surface area contributed by atoms with Gasteiger partial charge in [-0.15, -0.1) is 0 Å². The lowest BCUT2D eigenvalue weighted by Crippen LogP contribution is -2.38. The van der Waals surface area contributed by atoms with Crippen LogP contribution in [0.4, 0.5) is 4.39 Å². The summed E-state index contributed by atoms with van der Waals surface area (Å²) in [6, 6.07) is 3.46. The van der Waals surface area contributed by atoms with Crippen LogP contribution in [0, 0.1) is 11.7 Å². The monoisotopic (exact) mass is 296 g/mol. The molecule has 1 atom stereocenters. The molecule has 0 fully saturated rings. The highest BCUT2D eigenvalue weighted by Crippen LogP contribution is 2.18. The molecule has 1 rings (SSSR count). The molecule has 3 nitrogen and oxygen atoms in total. The summed E-state index contributed by atoms with van der Waals surface area (Å²) in [5.41, 5.74) is 0.547. The molecule has 0 spiro atoms. The predicted octanol–water partition coefficient (Wildman–Crippen LogP) is 3.79. The molecule has 120 valence electrons. The van der Waals surface area contributed by atoms with Crippen molar-refractivity contribution in [3.8, 4) is 0 Å². The maximum Gasteiger partial charge on any atom is 0.141 e. The molecule has 1 N–H and O–H groups in total. The number of rotatable bonds is 9. The molecule has 0 aliphatic heterocycles. The normalized spacial score (nSPS) is 13.4. The molecule has 1 aromatic rings. The van der Waals surface area contributed by atoms with Gasteiger partial charge in [0.05, 0.1) is 18.0 Å². The second-order valence-corrected chi connectivity index (χ2v) is 6.06. The summed E-state index contributed by atoms with van der Waals surface area (Å²) >= 11 is 0. The lowest BCUT2D eigenvalue weighted by molar-refractivity contribution is 0.109. The van der Waals surface area contributed by atoms with Crippen LogP contribution in [0.5, 0.6) is 0 Å². The zero-order chi connectivity index (χ0) is 15.8. The van der Waals surface area contributed by atoms with Gasteiger partial charge < -0.3 is 10.0 Å². The predicted molar refractivity (Wildman–Crippen MR) is 84.6 cm³/mol. The number of nitrogens with zero attached hydrogens (tertiary/aromatic N) is 2. The first-order valence-corrected chi connectivity index (χ1v) is 8.01. The van der Waals surface area contributed by atoms with Gasteiger partial charge >= 0.3 is 0 Å². The van der Waals surface area contributed by atoms with E-state index in [1.54, 1.807) is 6.07 Å². The van der Waals surface area contributed by atoms with E-state index in [9.17, 15) is 9.50 Å². The minimum absolute atomic E-state index is 0.371. The molecule has 0 bridgehead atoms. The van der Waals surface area contributed by atoms with E-state index in [1.165, 1.54) is 6.07 Å². The topological polar surface area (TPSA) is 36.4 Å². The Morgan fingerprint density at radius 3 is 2.38 bits per heavy atom.